The molecule has 0 aromatic heterocycles. The quantitative estimate of drug-likeness (QED) is 0.625. The third kappa shape index (κ3) is 6.73. The third-order valence-corrected chi connectivity index (χ3v) is 4.19. The zero-order chi connectivity index (χ0) is 14.3. The molecule has 1 atom stereocenters. The van der Waals surface area contributed by atoms with E-state index in [-0.39, 0.29) is 0 Å². The Kier molecular flexibility index (Phi) is 7.33. The number of methoxy groups -OCH3 is 1. The second-order valence-corrected chi connectivity index (χ2v) is 6.88. The van der Waals surface area contributed by atoms with Gasteiger partial charge in [-0.3, -0.25) is 4.90 Å². The van der Waals surface area contributed by atoms with E-state index in [4.69, 9.17) is 4.74 Å². The van der Waals surface area contributed by atoms with Crippen LogP contribution >= 0.6 is 0 Å². The molecule has 0 heterocycles. The summed E-state index contributed by atoms with van der Waals surface area (Å²) in [5.74, 6) is 0.731. The molecule has 0 aliphatic heterocycles. The van der Waals surface area contributed by atoms with Crippen molar-refractivity contribution in [1.82, 2.24) is 10.2 Å². The summed E-state index contributed by atoms with van der Waals surface area (Å²) in [7, 11) is 1.80. The predicted octanol–water partition coefficient (Wildman–Crippen LogP) is 2.76. The smallest absolute Gasteiger partial charge is 0.0589 e. The standard InChI is InChI=1S/C16H34N2O/c1-6-16(4,12-17-11-14(2)3)13-18(9-10-19-5)15-7-8-15/h14-15,17H,6-13H2,1-5H3. The Labute approximate surface area is 120 Å². The predicted molar refractivity (Wildman–Crippen MR) is 82.6 cm³/mol. The van der Waals surface area contributed by atoms with Gasteiger partial charge >= 0.3 is 0 Å². The zero-order valence-electron chi connectivity index (χ0n) is 13.7. The summed E-state index contributed by atoms with van der Waals surface area (Å²) >= 11 is 0. The van der Waals surface area contributed by atoms with Crippen LogP contribution in [0.2, 0.25) is 0 Å². The van der Waals surface area contributed by atoms with Crippen LogP contribution in [0.1, 0.15) is 47.0 Å². The van der Waals surface area contributed by atoms with Crippen molar-refractivity contribution >= 4 is 0 Å². The molecule has 3 nitrogen and oxygen atoms in total. The van der Waals surface area contributed by atoms with Gasteiger partial charge in [-0.2, -0.15) is 0 Å². The van der Waals surface area contributed by atoms with Crippen LogP contribution in [0.3, 0.4) is 0 Å². The van der Waals surface area contributed by atoms with Crippen LogP contribution in [0.5, 0.6) is 0 Å². The highest BCUT2D eigenvalue weighted by Crippen LogP contribution is 2.31. The van der Waals surface area contributed by atoms with E-state index in [2.05, 4.69) is 37.9 Å². The molecule has 114 valence electrons. The number of nitrogens with zero attached hydrogens (tertiary/aromatic N) is 1. The number of hydrogen-bond acceptors (Lipinski definition) is 3. The Morgan fingerprint density at radius 3 is 2.53 bits per heavy atom. The summed E-state index contributed by atoms with van der Waals surface area (Å²) < 4.78 is 5.25. The molecule has 0 aromatic rings. The molecular formula is C16H34N2O. The molecule has 1 rings (SSSR count). The Morgan fingerprint density at radius 1 is 1.37 bits per heavy atom. The maximum atomic E-state index is 5.25. The molecule has 1 N–H and O–H groups in total. The van der Waals surface area contributed by atoms with E-state index in [1.807, 2.05) is 0 Å². The molecule has 1 saturated carbocycles. The summed E-state index contributed by atoms with van der Waals surface area (Å²) in [6.07, 6.45) is 3.99. The lowest BCUT2D eigenvalue weighted by atomic mass is 9.86. The van der Waals surface area contributed by atoms with Crippen molar-refractivity contribution in [2.24, 2.45) is 11.3 Å². The summed E-state index contributed by atoms with van der Waals surface area (Å²) in [6, 6.07) is 0.825. The Balaban J connectivity index is 2.41. The van der Waals surface area contributed by atoms with Crippen LogP contribution in [0.25, 0.3) is 0 Å². The average Bonchev–Trinajstić information content (AvgIpc) is 3.18. The molecule has 1 fully saturated rings. The van der Waals surface area contributed by atoms with Gasteiger partial charge in [0, 0.05) is 32.8 Å². The minimum atomic E-state index is 0.380. The molecule has 0 amide bonds. The van der Waals surface area contributed by atoms with Gasteiger partial charge in [0.1, 0.15) is 0 Å². The first kappa shape index (κ1) is 16.9. The van der Waals surface area contributed by atoms with E-state index in [1.165, 1.54) is 25.8 Å². The van der Waals surface area contributed by atoms with Gasteiger partial charge in [-0.15, -0.1) is 0 Å². The number of ether oxygens (including phenoxy) is 1. The van der Waals surface area contributed by atoms with Gasteiger partial charge in [-0.25, -0.2) is 0 Å². The third-order valence-electron chi connectivity index (χ3n) is 4.19. The van der Waals surface area contributed by atoms with Gasteiger partial charge < -0.3 is 10.1 Å². The molecule has 1 aliphatic carbocycles. The number of nitrogens with one attached hydrogen (secondary N) is 1. The van der Waals surface area contributed by atoms with Crippen molar-refractivity contribution in [3.63, 3.8) is 0 Å². The van der Waals surface area contributed by atoms with Crippen LogP contribution in [-0.2, 0) is 4.74 Å². The first-order valence-electron chi connectivity index (χ1n) is 7.94. The van der Waals surface area contributed by atoms with E-state index >= 15 is 0 Å². The van der Waals surface area contributed by atoms with Crippen LogP contribution in [0, 0.1) is 11.3 Å². The van der Waals surface area contributed by atoms with Crippen molar-refractivity contribution < 1.29 is 4.74 Å². The normalized spacial score (nSPS) is 19.1. The fourth-order valence-electron chi connectivity index (χ4n) is 2.48. The molecule has 19 heavy (non-hydrogen) atoms. The highest BCUT2D eigenvalue weighted by Gasteiger charge is 2.33. The monoisotopic (exact) mass is 270 g/mol. The highest BCUT2D eigenvalue weighted by molar-refractivity contribution is 4.89. The van der Waals surface area contributed by atoms with E-state index in [9.17, 15) is 0 Å². The molecule has 1 aliphatic rings. The fraction of sp³-hybridized carbons (Fsp3) is 1.00. The molecule has 0 spiro atoms. The topological polar surface area (TPSA) is 24.5 Å². The lowest BCUT2D eigenvalue weighted by Crippen LogP contribution is -2.44. The maximum absolute atomic E-state index is 5.25. The second kappa shape index (κ2) is 8.23. The second-order valence-electron chi connectivity index (χ2n) is 6.88. The van der Waals surface area contributed by atoms with Crippen molar-refractivity contribution in [2.75, 3.05) is 39.9 Å². The lowest BCUT2D eigenvalue weighted by molar-refractivity contribution is 0.103. The van der Waals surface area contributed by atoms with E-state index in [1.54, 1.807) is 7.11 Å². The summed E-state index contributed by atoms with van der Waals surface area (Å²) in [6.45, 7) is 14.7. The Morgan fingerprint density at radius 2 is 2.05 bits per heavy atom. The maximum Gasteiger partial charge on any atom is 0.0589 e. The van der Waals surface area contributed by atoms with E-state index in [0.717, 1.165) is 38.2 Å². The van der Waals surface area contributed by atoms with Crippen LogP contribution < -0.4 is 5.32 Å². The highest BCUT2D eigenvalue weighted by atomic mass is 16.5. The van der Waals surface area contributed by atoms with Crippen LogP contribution in [0.4, 0.5) is 0 Å². The molecule has 0 saturated heterocycles. The summed E-state index contributed by atoms with van der Waals surface area (Å²) in [5, 5.41) is 3.64. The molecule has 0 aromatic carbocycles. The van der Waals surface area contributed by atoms with E-state index < -0.39 is 0 Å². The van der Waals surface area contributed by atoms with Gasteiger partial charge in [0.25, 0.3) is 0 Å². The summed E-state index contributed by atoms with van der Waals surface area (Å²) in [4.78, 5) is 2.64. The Hall–Kier alpha value is -0.120. The molecule has 1 unspecified atom stereocenters. The number of rotatable bonds is 11. The van der Waals surface area contributed by atoms with Gasteiger partial charge in [0.2, 0.25) is 0 Å². The Bertz CT molecular complexity index is 241. The molecule has 0 bridgehead atoms. The largest absolute Gasteiger partial charge is 0.383 e. The van der Waals surface area contributed by atoms with Crippen molar-refractivity contribution in [2.45, 2.75) is 53.0 Å². The van der Waals surface area contributed by atoms with Crippen LogP contribution in [-0.4, -0.2) is 50.8 Å². The van der Waals surface area contributed by atoms with Gasteiger partial charge in [0.15, 0.2) is 0 Å². The van der Waals surface area contributed by atoms with Crippen LogP contribution in [0.15, 0.2) is 0 Å². The summed E-state index contributed by atoms with van der Waals surface area (Å²) in [5.41, 5.74) is 0.380. The molecule has 3 heteroatoms. The fourth-order valence-corrected chi connectivity index (χ4v) is 2.48. The molecule has 0 radical (unpaired) electrons. The van der Waals surface area contributed by atoms with Crippen molar-refractivity contribution in [3.8, 4) is 0 Å². The SMILES string of the molecule is CCC(C)(CNCC(C)C)CN(CCOC)C1CC1. The number of hydrogen-bond donors (Lipinski definition) is 1. The lowest BCUT2D eigenvalue weighted by Gasteiger charge is -2.35. The first-order valence-corrected chi connectivity index (χ1v) is 7.94. The van der Waals surface area contributed by atoms with Crippen molar-refractivity contribution in [1.29, 1.82) is 0 Å². The minimum absolute atomic E-state index is 0.380. The average molecular weight is 270 g/mol. The minimum Gasteiger partial charge on any atom is -0.383 e. The molecular weight excluding hydrogens is 236 g/mol. The first-order chi connectivity index (χ1) is 9.00. The van der Waals surface area contributed by atoms with Gasteiger partial charge in [-0.05, 0) is 37.1 Å². The van der Waals surface area contributed by atoms with Crippen molar-refractivity contribution in [3.05, 3.63) is 0 Å². The van der Waals surface area contributed by atoms with Gasteiger partial charge in [0.05, 0.1) is 6.61 Å². The zero-order valence-corrected chi connectivity index (χ0v) is 13.7. The van der Waals surface area contributed by atoms with Gasteiger partial charge in [-0.1, -0.05) is 27.7 Å². The van der Waals surface area contributed by atoms with E-state index in [0.29, 0.717) is 5.41 Å².